The average Bonchev–Trinajstić information content (AvgIpc) is 2.30. The van der Waals surface area contributed by atoms with Crippen LogP contribution in [0.25, 0.3) is 0 Å². The number of ether oxygens (including phenoxy) is 2. The predicted molar refractivity (Wildman–Crippen MR) is 70.3 cm³/mol. The van der Waals surface area contributed by atoms with E-state index < -0.39 is 18.8 Å². The molecule has 1 rings (SSSR count). The molecule has 0 bridgehead atoms. The van der Waals surface area contributed by atoms with Gasteiger partial charge in [-0.3, -0.25) is 0 Å². The van der Waals surface area contributed by atoms with Crippen LogP contribution < -0.4 is 5.73 Å². The number of hydrogen-bond donors (Lipinski definition) is 1. The molecule has 2 N–H and O–H groups in total. The van der Waals surface area contributed by atoms with Gasteiger partial charge in [-0.2, -0.15) is 13.2 Å². The van der Waals surface area contributed by atoms with E-state index in [1.54, 1.807) is 12.1 Å². The Hall–Kier alpha value is -1.28. The van der Waals surface area contributed by atoms with Gasteiger partial charge < -0.3 is 15.2 Å². The lowest BCUT2D eigenvalue weighted by Crippen LogP contribution is -2.18. The summed E-state index contributed by atoms with van der Waals surface area (Å²) >= 11 is 3.19. The van der Waals surface area contributed by atoms with E-state index in [2.05, 4.69) is 20.7 Å². The lowest BCUT2D eigenvalue weighted by molar-refractivity contribution is -0.174. The molecule has 4 nitrogen and oxygen atoms in total. The molecule has 1 aromatic rings. The van der Waals surface area contributed by atoms with Crippen molar-refractivity contribution >= 4 is 27.6 Å². The molecule has 112 valence electrons. The zero-order valence-corrected chi connectivity index (χ0v) is 12.0. The number of halogens is 4. The van der Waals surface area contributed by atoms with E-state index in [4.69, 9.17) is 10.5 Å². The number of alkyl halides is 3. The molecular weight excluding hydrogens is 343 g/mol. The molecule has 8 heteroatoms. The molecule has 0 spiro atoms. The number of nitrogen functional groups attached to an aromatic ring is 1. The van der Waals surface area contributed by atoms with Crippen LogP contribution in [0.4, 0.5) is 18.9 Å². The number of carbonyl (C=O) groups excluding carboxylic acids is 1. The third-order valence-electron chi connectivity index (χ3n) is 2.09. The van der Waals surface area contributed by atoms with E-state index in [1.807, 2.05) is 0 Å². The normalized spacial score (nSPS) is 11.4. The standard InChI is InChI=1S/C12H13BrF3NO3/c13-9-4-8(5-10(17)6-9)11(18)20-3-1-2-19-7-12(14,15)16/h4-6H,1-3,7,17H2. The lowest BCUT2D eigenvalue weighted by Gasteiger charge is -2.08. The smallest absolute Gasteiger partial charge is 0.411 e. The highest BCUT2D eigenvalue weighted by Gasteiger charge is 2.27. The Labute approximate surface area is 122 Å². The number of anilines is 1. The molecule has 0 radical (unpaired) electrons. The highest BCUT2D eigenvalue weighted by atomic mass is 79.9. The topological polar surface area (TPSA) is 61.6 Å². The summed E-state index contributed by atoms with van der Waals surface area (Å²) in [5.41, 5.74) is 6.24. The number of esters is 1. The predicted octanol–water partition coefficient (Wildman–Crippen LogP) is 3.16. The number of rotatable bonds is 6. The Balaban J connectivity index is 2.27. The van der Waals surface area contributed by atoms with E-state index in [0.29, 0.717) is 10.2 Å². The quantitative estimate of drug-likeness (QED) is 0.483. The van der Waals surface area contributed by atoms with E-state index in [0.717, 1.165) is 0 Å². The summed E-state index contributed by atoms with van der Waals surface area (Å²) in [6.07, 6.45) is -4.16. The minimum absolute atomic E-state index is 0.0247. The van der Waals surface area contributed by atoms with E-state index >= 15 is 0 Å². The SMILES string of the molecule is Nc1cc(Br)cc(C(=O)OCCCOCC(F)(F)F)c1. The van der Waals surface area contributed by atoms with Crippen LogP contribution in [0.15, 0.2) is 22.7 Å². The first-order valence-electron chi connectivity index (χ1n) is 5.65. The fourth-order valence-corrected chi connectivity index (χ4v) is 1.84. The van der Waals surface area contributed by atoms with Crippen molar-refractivity contribution in [1.82, 2.24) is 0 Å². The fraction of sp³-hybridized carbons (Fsp3) is 0.417. The molecule has 20 heavy (non-hydrogen) atoms. The number of benzene rings is 1. The lowest BCUT2D eigenvalue weighted by atomic mass is 10.2. The Bertz CT molecular complexity index is 446. The van der Waals surface area contributed by atoms with Crippen LogP contribution in [0.1, 0.15) is 16.8 Å². The van der Waals surface area contributed by atoms with E-state index in [-0.39, 0.29) is 25.2 Å². The second-order valence-electron chi connectivity index (χ2n) is 3.93. The van der Waals surface area contributed by atoms with Crippen LogP contribution in [0.2, 0.25) is 0 Å². The van der Waals surface area contributed by atoms with Gasteiger partial charge in [0.15, 0.2) is 0 Å². The number of carbonyl (C=O) groups is 1. The maximum atomic E-state index is 11.8. The molecule has 0 fully saturated rings. The molecule has 0 saturated heterocycles. The summed E-state index contributed by atoms with van der Waals surface area (Å²) in [5, 5.41) is 0. The van der Waals surface area contributed by atoms with Gasteiger partial charge >= 0.3 is 12.1 Å². The number of hydrogen-bond acceptors (Lipinski definition) is 4. The van der Waals surface area contributed by atoms with Crippen LogP contribution >= 0.6 is 15.9 Å². The van der Waals surface area contributed by atoms with Crippen LogP contribution in [-0.4, -0.2) is 32.0 Å². The molecule has 0 aliphatic carbocycles. The van der Waals surface area contributed by atoms with Crippen molar-refractivity contribution in [2.24, 2.45) is 0 Å². The largest absolute Gasteiger partial charge is 0.462 e. The minimum atomic E-state index is -4.34. The molecule has 1 aromatic carbocycles. The van der Waals surface area contributed by atoms with Crippen molar-refractivity contribution in [2.75, 3.05) is 25.6 Å². The fourth-order valence-electron chi connectivity index (χ4n) is 1.33. The highest BCUT2D eigenvalue weighted by Crippen LogP contribution is 2.18. The monoisotopic (exact) mass is 355 g/mol. The van der Waals surface area contributed by atoms with Crippen LogP contribution in [0.5, 0.6) is 0 Å². The van der Waals surface area contributed by atoms with Gasteiger partial charge in [-0.25, -0.2) is 4.79 Å². The molecule has 0 saturated carbocycles. The maximum Gasteiger partial charge on any atom is 0.411 e. The summed E-state index contributed by atoms with van der Waals surface area (Å²) in [6.45, 7) is -1.46. The Morgan fingerprint density at radius 3 is 2.55 bits per heavy atom. The zero-order valence-electron chi connectivity index (χ0n) is 10.4. The van der Waals surface area contributed by atoms with Crippen LogP contribution in [0.3, 0.4) is 0 Å². The van der Waals surface area contributed by atoms with E-state index in [9.17, 15) is 18.0 Å². The third kappa shape index (κ3) is 6.76. The van der Waals surface area contributed by atoms with Gasteiger partial charge in [0.05, 0.1) is 18.8 Å². The van der Waals surface area contributed by atoms with Crippen LogP contribution in [-0.2, 0) is 9.47 Å². The summed E-state index contributed by atoms with van der Waals surface area (Å²) in [7, 11) is 0. The van der Waals surface area contributed by atoms with E-state index in [1.165, 1.54) is 6.07 Å². The second kappa shape index (κ2) is 7.49. The summed E-state index contributed by atoms with van der Waals surface area (Å²) in [4.78, 5) is 11.6. The van der Waals surface area contributed by atoms with Gasteiger partial charge in [-0.15, -0.1) is 0 Å². The molecular formula is C12H13BrF3NO3. The third-order valence-corrected chi connectivity index (χ3v) is 2.55. The van der Waals surface area contributed by atoms with Gasteiger partial charge in [-0.05, 0) is 18.2 Å². The Morgan fingerprint density at radius 2 is 1.95 bits per heavy atom. The van der Waals surface area contributed by atoms with Gasteiger partial charge in [-0.1, -0.05) is 15.9 Å². The second-order valence-corrected chi connectivity index (χ2v) is 4.85. The molecule has 0 aliphatic heterocycles. The van der Waals surface area contributed by atoms with Crippen molar-refractivity contribution in [3.05, 3.63) is 28.2 Å². The van der Waals surface area contributed by atoms with Crippen molar-refractivity contribution in [2.45, 2.75) is 12.6 Å². The maximum absolute atomic E-state index is 11.8. The molecule has 0 aromatic heterocycles. The van der Waals surface area contributed by atoms with Crippen molar-refractivity contribution < 1.29 is 27.4 Å². The first kappa shape index (κ1) is 16.8. The minimum Gasteiger partial charge on any atom is -0.462 e. The molecule has 0 unspecified atom stereocenters. The molecule has 0 aliphatic rings. The number of nitrogens with two attached hydrogens (primary N) is 1. The summed E-state index contributed by atoms with van der Waals surface area (Å²) < 4.78 is 45.2. The summed E-state index contributed by atoms with van der Waals surface area (Å²) in [6, 6.07) is 4.62. The Morgan fingerprint density at radius 1 is 1.25 bits per heavy atom. The van der Waals surface area contributed by atoms with Gasteiger partial charge in [0, 0.05) is 16.6 Å². The van der Waals surface area contributed by atoms with Crippen LogP contribution in [0, 0.1) is 0 Å². The van der Waals surface area contributed by atoms with Gasteiger partial charge in [0.25, 0.3) is 0 Å². The summed E-state index contributed by atoms with van der Waals surface area (Å²) in [5.74, 6) is -0.589. The van der Waals surface area contributed by atoms with Gasteiger partial charge in [0.1, 0.15) is 6.61 Å². The van der Waals surface area contributed by atoms with Crippen molar-refractivity contribution in [3.8, 4) is 0 Å². The molecule has 0 atom stereocenters. The first-order valence-corrected chi connectivity index (χ1v) is 6.45. The molecule has 0 heterocycles. The average molecular weight is 356 g/mol. The van der Waals surface area contributed by atoms with Crippen molar-refractivity contribution in [1.29, 1.82) is 0 Å². The first-order chi connectivity index (χ1) is 9.28. The highest BCUT2D eigenvalue weighted by molar-refractivity contribution is 9.10. The van der Waals surface area contributed by atoms with Gasteiger partial charge in [0.2, 0.25) is 0 Å². The zero-order chi connectivity index (χ0) is 15.2. The molecule has 0 amide bonds. The Kier molecular flexibility index (Phi) is 6.28. The van der Waals surface area contributed by atoms with Crippen molar-refractivity contribution in [3.63, 3.8) is 0 Å².